The van der Waals surface area contributed by atoms with Gasteiger partial charge in [0.25, 0.3) is 5.56 Å². The first-order valence-electron chi connectivity index (χ1n) is 11.1. The zero-order valence-corrected chi connectivity index (χ0v) is 19.1. The van der Waals surface area contributed by atoms with Crippen molar-refractivity contribution in [2.45, 2.75) is 13.1 Å². The highest BCUT2D eigenvalue weighted by Gasteiger charge is 2.19. The summed E-state index contributed by atoms with van der Waals surface area (Å²) >= 11 is 0. The number of H-pyrrole nitrogens is 1. The number of carbonyl (C=O) groups is 1. The molecule has 0 saturated carbocycles. The van der Waals surface area contributed by atoms with Gasteiger partial charge in [-0.25, -0.2) is 4.79 Å². The fraction of sp³-hybridized carbons (Fsp3) is 0.192. The van der Waals surface area contributed by atoms with E-state index in [0.29, 0.717) is 47.2 Å². The second-order valence-corrected chi connectivity index (χ2v) is 8.08. The summed E-state index contributed by atoms with van der Waals surface area (Å²) in [5, 5.41) is 3.69. The average molecular weight is 473 g/mol. The number of amides is 2. The lowest BCUT2D eigenvalue weighted by Crippen LogP contribution is -2.35. The number of benzene rings is 2. The molecule has 2 N–H and O–H groups in total. The lowest BCUT2D eigenvalue weighted by atomic mass is 10.1. The molecular weight excluding hydrogens is 448 g/mol. The van der Waals surface area contributed by atoms with Gasteiger partial charge in [-0.1, -0.05) is 6.07 Å². The Morgan fingerprint density at radius 3 is 2.57 bits per heavy atom. The van der Waals surface area contributed by atoms with E-state index in [1.807, 2.05) is 18.2 Å². The number of nitrogens with zero attached hydrogens (tertiary/aromatic N) is 2. The SMILES string of the molecule is COc1ccc(NC(=O)N(Cc2cccnc2)Cc2cc3cc4c(cc3[nH]c2=O)OCCO4)cc1. The van der Waals surface area contributed by atoms with Gasteiger partial charge < -0.3 is 29.4 Å². The molecule has 0 atom stereocenters. The van der Waals surface area contributed by atoms with E-state index in [1.165, 1.54) is 0 Å². The van der Waals surface area contributed by atoms with E-state index in [-0.39, 0.29) is 24.7 Å². The number of pyridine rings is 2. The Kier molecular flexibility index (Phi) is 6.21. The molecule has 2 aromatic carbocycles. The molecule has 1 aliphatic heterocycles. The third-order valence-corrected chi connectivity index (χ3v) is 5.67. The Morgan fingerprint density at radius 1 is 1.09 bits per heavy atom. The molecule has 3 heterocycles. The first kappa shape index (κ1) is 22.3. The van der Waals surface area contributed by atoms with E-state index >= 15 is 0 Å². The number of nitrogens with one attached hydrogen (secondary N) is 2. The third-order valence-electron chi connectivity index (χ3n) is 5.67. The molecule has 9 nitrogen and oxygen atoms in total. The molecule has 2 amide bonds. The standard InChI is InChI=1S/C26H24N4O5/c1-33-21-6-4-20(5-7-21)28-26(32)30(15-17-3-2-8-27-14-17)16-19-11-18-12-23-24(35-10-9-34-23)13-22(18)29-25(19)31/h2-8,11-14H,9-10,15-16H2,1H3,(H,28,32)(H,29,31). The number of aromatic nitrogens is 2. The lowest BCUT2D eigenvalue weighted by Gasteiger charge is -2.23. The minimum atomic E-state index is -0.347. The number of methoxy groups -OCH3 is 1. The van der Waals surface area contributed by atoms with Crippen molar-refractivity contribution >= 4 is 22.6 Å². The van der Waals surface area contributed by atoms with Crippen LogP contribution in [0.25, 0.3) is 10.9 Å². The van der Waals surface area contributed by atoms with Gasteiger partial charge in [0.2, 0.25) is 0 Å². The van der Waals surface area contributed by atoms with Crippen molar-refractivity contribution in [1.29, 1.82) is 0 Å². The second-order valence-electron chi connectivity index (χ2n) is 8.08. The van der Waals surface area contributed by atoms with Gasteiger partial charge in [0.1, 0.15) is 19.0 Å². The summed E-state index contributed by atoms with van der Waals surface area (Å²) in [5.74, 6) is 1.92. The fourth-order valence-electron chi connectivity index (χ4n) is 3.90. The van der Waals surface area contributed by atoms with E-state index in [4.69, 9.17) is 14.2 Å². The lowest BCUT2D eigenvalue weighted by molar-refractivity contribution is 0.172. The molecule has 0 aliphatic carbocycles. The fourth-order valence-corrected chi connectivity index (χ4v) is 3.90. The van der Waals surface area contributed by atoms with Crippen LogP contribution in [0.2, 0.25) is 0 Å². The number of aromatic amines is 1. The molecule has 35 heavy (non-hydrogen) atoms. The first-order chi connectivity index (χ1) is 17.1. The minimum Gasteiger partial charge on any atom is -0.497 e. The zero-order valence-electron chi connectivity index (χ0n) is 19.1. The molecule has 0 radical (unpaired) electrons. The Bertz CT molecular complexity index is 1400. The zero-order chi connectivity index (χ0) is 24.2. The summed E-state index contributed by atoms with van der Waals surface area (Å²) in [6.07, 6.45) is 3.37. The van der Waals surface area contributed by atoms with Crippen LogP contribution in [0.5, 0.6) is 17.2 Å². The molecule has 1 aliphatic rings. The Labute approximate surface area is 201 Å². The van der Waals surface area contributed by atoms with E-state index < -0.39 is 0 Å². The Balaban J connectivity index is 1.44. The van der Waals surface area contributed by atoms with Crippen molar-refractivity contribution in [2.24, 2.45) is 0 Å². The number of rotatable bonds is 6. The van der Waals surface area contributed by atoms with Gasteiger partial charge in [0, 0.05) is 41.6 Å². The van der Waals surface area contributed by atoms with E-state index in [0.717, 1.165) is 10.9 Å². The van der Waals surface area contributed by atoms with Crippen LogP contribution < -0.4 is 25.1 Å². The van der Waals surface area contributed by atoms with Gasteiger partial charge in [-0.05, 0) is 48.0 Å². The number of fused-ring (bicyclic) bond motifs is 2. The van der Waals surface area contributed by atoms with Gasteiger partial charge in [0.05, 0.1) is 19.2 Å². The molecule has 4 aromatic rings. The molecule has 0 unspecified atom stereocenters. The van der Waals surface area contributed by atoms with Gasteiger partial charge in [-0.3, -0.25) is 9.78 Å². The van der Waals surface area contributed by atoms with Crippen molar-refractivity contribution in [1.82, 2.24) is 14.9 Å². The van der Waals surface area contributed by atoms with Crippen molar-refractivity contribution in [3.63, 3.8) is 0 Å². The molecular formula is C26H24N4O5. The monoisotopic (exact) mass is 472 g/mol. The molecule has 5 rings (SSSR count). The van der Waals surface area contributed by atoms with Gasteiger partial charge in [-0.2, -0.15) is 0 Å². The van der Waals surface area contributed by atoms with Crippen LogP contribution >= 0.6 is 0 Å². The van der Waals surface area contributed by atoms with Crippen LogP contribution in [0, 0.1) is 0 Å². The normalized spacial score (nSPS) is 12.3. The van der Waals surface area contributed by atoms with Gasteiger partial charge in [0.15, 0.2) is 11.5 Å². The number of anilines is 1. The number of hydrogen-bond donors (Lipinski definition) is 2. The molecule has 0 spiro atoms. The smallest absolute Gasteiger partial charge is 0.322 e. The Morgan fingerprint density at radius 2 is 1.86 bits per heavy atom. The highest BCUT2D eigenvalue weighted by atomic mass is 16.6. The maximum atomic E-state index is 13.3. The number of hydrogen-bond acceptors (Lipinski definition) is 6. The van der Waals surface area contributed by atoms with E-state index in [1.54, 1.807) is 60.8 Å². The molecule has 9 heteroatoms. The summed E-state index contributed by atoms with van der Waals surface area (Å²) in [6.45, 7) is 1.30. The largest absolute Gasteiger partial charge is 0.497 e. The molecule has 2 aromatic heterocycles. The van der Waals surface area contributed by atoms with Crippen LogP contribution in [0.3, 0.4) is 0 Å². The van der Waals surface area contributed by atoms with E-state index in [2.05, 4.69) is 15.3 Å². The van der Waals surface area contributed by atoms with Crippen molar-refractivity contribution in [2.75, 3.05) is 25.6 Å². The molecule has 0 fully saturated rings. The molecule has 178 valence electrons. The van der Waals surface area contributed by atoms with Crippen molar-refractivity contribution in [3.05, 3.63) is 88.5 Å². The number of carbonyl (C=O) groups excluding carboxylic acids is 1. The van der Waals surface area contributed by atoms with Crippen molar-refractivity contribution < 1.29 is 19.0 Å². The number of urea groups is 1. The van der Waals surface area contributed by atoms with Crippen molar-refractivity contribution in [3.8, 4) is 17.2 Å². The van der Waals surface area contributed by atoms with E-state index in [9.17, 15) is 9.59 Å². The predicted molar refractivity (Wildman–Crippen MR) is 131 cm³/mol. The quantitative estimate of drug-likeness (QED) is 0.440. The second kappa shape index (κ2) is 9.76. The molecule has 0 saturated heterocycles. The van der Waals surface area contributed by atoms with Crippen LogP contribution in [0.1, 0.15) is 11.1 Å². The average Bonchev–Trinajstić information content (AvgIpc) is 2.88. The number of ether oxygens (including phenoxy) is 3. The van der Waals surface area contributed by atoms with Gasteiger partial charge >= 0.3 is 6.03 Å². The minimum absolute atomic E-state index is 0.0938. The maximum absolute atomic E-state index is 13.3. The summed E-state index contributed by atoms with van der Waals surface area (Å²) in [5.41, 5.74) is 2.27. The van der Waals surface area contributed by atoms with Crippen LogP contribution in [-0.2, 0) is 13.1 Å². The highest BCUT2D eigenvalue weighted by Crippen LogP contribution is 2.33. The maximum Gasteiger partial charge on any atom is 0.322 e. The molecule has 0 bridgehead atoms. The topological polar surface area (TPSA) is 106 Å². The van der Waals surface area contributed by atoms with Crippen LogP contribution in [0.4, 0.5) is 10.5 Å². The summed E-state index contributed by atoms with van der Waals surface area (Å²) in [7, 11) is 1.58. The summed E-state index contributed by atoms with van der Waals surface area (Å²) < 4.78 is 16.5. The summed E-state index contributed by atoms with van der Waals surface area (Å²) in [4.78, 5) is 34.8. The summed E-state index contributed by atoms with van der Waals surface area (Å²) in [6, 6.07) is 15.8. The predicted octanol–water partition coefficient (Wildman–Crippen LogP) is 3.94. The Hall–Kier alpha value is -4.53. The highest BCUT2D eigenvalue weighted by molar-refractivity contribution is 5.89. The van der Waals surface area contributed by atoms with Gasteiger partial charge in [-0.15, -0.1) is 0 Å². The third kappa shape index (κ3) is 5.03. The van der Waals surface area contributed by atoms with Crippen LogP contribution in [0.15, 0.2) is 71.8 Å². The first-order valence-corrected chi connectivity index (χ1v) is 11.1. The van der Waals surface area contributed by atoms with Crippen LogP contribution in [-0.4, -0.2) is 41.2 Å².